The molecule has 0 bridgehead atoms. The van der Waals surface area contributed by atoms with Gasteiger partial charge in [0.1, 0.15) is 5.75 Å². The molecular weight excluding hydrogens is 234 g/mol. The molecule has 0 amide bonds. The number of allylic oxidation sites excluding steroid dienone is 1. The van der Waals surface area contributed by atoms with E-state index >= 15 is 0 Å². The molecule has 2 rings (SSSR count). The van der Waals surface area contributed by atoms with E-state index in [0.29, 0.717) is 0 Å². The molecular formula is C17H19NO. The molecule has 0 saturated carbocycles. The fourth-order valence-electron chi connectivity index (χ4n) is 2.17. The molecule has 19 heavy (non-hydrogen) atoms. The monoisotopic (exact) mass is 253 g/mol. The van der Waals surface area contributed by atoms with Crippen LogP contribution in [-0.4, -0.2) is 12.1 Å². The first-order valence-corrected chi connectivity index (χ1v) is 6.40. The van der Waals surface area contributed by atoms with Gasteiger partial charge in [0.15, 0.2) is 0 Å². The Kier molecular flexibility index (Phi) is 4.35. The highest BCUT2D eigenvalue weighted by atomic mass is 16.5. The maximum Gasteiger partial charge on any atom is 0.121 e. The van der Waals surface area contributed by atoms with Crippen molar-refractivity contribution in [3.8, 4) is 5.75 Å². The van der Waals surface area contributed by atoms with Crippen LogP contribution in [0.3, 0.4) is 0 Å². The lowest BCUT2D eigenvalue weighted by molar-refractivity contribution is 0.411. The van der Waals surface area contributed by atoms with Gasteiger partial charge in [-0.3, -0.25) is 4.98 Å². The molecule has 2 heteroatoms. The highest BCUT2D eigenvalue weighted by molar-refractivity contribution is 5.52. The molecule has 1 aromatic heterocycles. The number of ether oxygens (including phenoxy) is 1. The van der Waals surface area contributed by atoms with Crippen molar-refractivity contribution in [1.82, 2.24) is 4.98 Å². The number of aryl methyl sites for hydroxylation is 1. The van der Waals surface area contributed by atoms with Crippen LogP contribution in [0.4, 0.5) is 0 Å². The van der Waals surface area contributed by atoms with E-state index < -0.39 is 0 Å². The summed E-state index contributed by atoms with van der Waals surface area (Å²) < 4.78 is 5.28. The zero-order valence-corrected chi connectivity index (χ0v) is 11.7. The van der Waals surface area contributed by atoms with Gasteiger partial charge in [0.05, 0.1) is 7.11 Å². The van der Waals surface area contributed by atoms with Crippen LogP contribution >= 0.6 is 0 Å². The van der Waals surface area contributed by atoms with E-state index in [1.165, 1.54) is 22.3 Å². The maximum atomic E-state index is 5.28. The van der Waals surface area contributed by atoms with Crippen molar-refractivity contribution in [2.24, 2.45) is 0 Å². The minimum atomic E-state index is 0.944. The van der Waals surface area contributed by atoms with Crippen LogP contribution in [-0.2, 0) is 6.42 Å². The van der Waals surface area contributed by atoms with Crippen molar-refractivity contribution in [2.75, 3.05) is 7.11 Å². The molecule has 0 spiro atoms. The van der Waals surface area contributed by atoms with Gasteiger partial charge in [-0.2, -0.15) is 0 Å². The Morgan fingerprint density at radius 2 is 1.95 bits per heavy atom. The molecule has 0 atom stereocenters. The summed E-state index contributed by atoms with van der Waals surface area (Å²) in [5, 5.41) is 0. The maximum absolute atomic E-state index is 5.28. The predicted molar refractivity (Wildman–Crippen MR) is 79.3 cm³/mol. The summed E-state index contributed by atoms with van der Waals surface area (Å²) in [6, 6.07) is 10.4. The Morgan fingerprint density at radius 3 is 2.58 bits per heavy atom. The summed E-state index contributed by atoms with van der Waals surface area (Å²) in [5.41, 5.74) is 5.01. The first kappa shape index (κ1) is 13.3. The van der Waals surface area contributed by atoms with E-state index in [4.69, 9.17) is 4.74 Å². The summed E-state index contributed by atoms with van der Waals surface area (Å²) >= 11 is 0. The third-order valence-corrected chi connectivity index (χ3v) is 3.06. The van der Waals surface area contributed by atoms with Crippen LogP contribution in [0.1, 0.15) is 23.6 Å². The minimum Gasteiger partial charge on any atom is -0.496 e. The largest absolute Gasteiger partial charge is 0.496 e. The van der Waals surface area contributed by atoms with Crippen molar-refractivity contribution in [3.63, 3.8) is 0 Å². The third kappa shape index (κ3) is 3.68. The van der Waals surface area contributed by atoms with Crippen molar-refractivity contribution >= 4 is 6.08 Å². The van der Waals surface area contributed by atoms with E-state index in [9.17, 15) is 0 Å². The fraction of sp³-hybridized carbons (Fsp3) is 0.235. The van der Waals surface area contributed by atoms with E-state index in [1.54, 1.807) is 7.11 Å². The van der Waals surface area contributed by atoms with Crippen molar-refractivity contribution in [1.29, 1.82) is 0 Å². The van der Waals surface area contributed by atoms with Gasteiger partial charge in [0, 0.05) is 12.4 Å². The van der Waals surface area contributed by atoms with Gasteiger partial charge in [0.2, 0.25) is 0 Å². The lowest BCUT2D eigenvalue weighted by Crippen LogP contribution is -1.91. The van der Waals surface area contributed by atoms with Crippen molar-refractivity contribution in [2.45, 2.75) is 20.3 Å². The summed E-state index contributed by atoms with van der Waals surface area (Å²) in [6.07, 6.45) is 6.78. The number of pyridine rings is 1. The van der Waals surface area contributed by atoms with Crippen molar-refractivity contribution < 1.29 is 4.74 Å². The topological polar surface area (TPSA) is 22.1 Å². The second-order valence-electron chi connectivity index (χ2n) is 4.75. The van der Waals surface area contributed by atoms with Gasteiger partial charge < -0.3 is 4.74 Å². The van der Waals surface area contributed by atoms with E-state index in [0.717, 1.165) is 12.2 Å². The highest BCUT2D eigenvalue weighted by Gasteiger charge is 2.01. The summed E-state index contributed by atoms with van der Waals surface area (Å²) in [4.78, 5) is 4.02. The Balaban J connectivity index is 2.13. The molecule has 0 fully saturated rings. The fourth-order valence-corrected chi connectivity index (χ4v) is 2.17. The zero-order chi connectivity index (χ0) is 13.7. The Morgan fingerprint density at radius 1 is 1.21 bits per heavy atom. The Labute approximate surface area is 114 Å². The summed E-state index contributed by atoms with van der Waals surface area (Å²) in [6.45, 7) is 4.23. The molecule has 0 unspecified atom stereocenters. The smallest absolute Gasteiger partial charge is 0.121 e. The lowest BCUT2D eigenvalue weighted by Gasteiger charge is -2.08. The van der Waals surface area contributed by atoms with Crippen LogP contribution in [0.5, 0.6) is 5.75 Å². The zero-order valence-electron chi connectivity index (χ0n) is 11.7. The molecule has 1 heterocycles. The Bertz CT molecular complexity index is 573. The molecule has 0 aliphatic rings. The normalized spacial score (nSPS) is 11.4. The van der Waals surface area contributed by atoms with E-state index in [2.05, 4.69) is 37.0 Å². The van der Waals surface area contributed by atoms with Crippen LogP contribution in [0.15, 0.2) is 48.3 Å². The second kappa shape index (κ2) is 6.19. The summed E-state index contributed by atoms with van der Waals surface area (Å²) in [5.74, 6) is 0.944. The van der Waals surface area contributed by atoms with Crippen LogP contribution in [0.25, 0.3) is 6.08 Å². The number of benzene rings is 1. The van der Waals surface area contributed by atoms with Gasteiger partial charge in [-0.05, 0) is 55.2 Å². The first-order chi connectivity index (χ1) is 9.19. The molecule has 0 radical (unpaired) electrons. The number of hydrogen-bond acceptors (Lipinski definition) is 2. The van der Waals surface area contributed by atoms with Crippen LogP contribution in [0.2, 0.25) is 0 Å². The molecule has 0 aliphatic carbocycles. The van der Waals surface area contributed by atoms with Crippen LogP contribution < -0.4 is 4.74 Å². The predicted octanol–water partition coefficient (Wildman–Crippen LogP) is 4.04. The minimum absolute atomic E-state index is 0.944. The highest BCUT2D eigenvalue weighted by Crippen LogP contribution is 2.20. The quantitative estimate of drug-likeness (QED) is 0.820. The average Bonchev–Trinajstić information content (AvgIpc) is 2.40. The van der Waals surface area contributed by atoms with Crippen LogP contribution in [0, 0.1) is 6.92 Å². The van der Waals surface area contributed by atoms with Gasteiger partial charge >= 0.3 is 0 Å². The molecule has 2 aromatic rings. The van der Waals surface area contributed by atoms with Gasteiger partial charge in [-0.15, -0.1) is 0 Å². The molecule has 0 N–H and O–H groups in total. The number of rotatable bonds is 4. The van der Waals surface area contributed by atoms with Gasteiger partial charge in [-0.25, -0.2) is 0 Å². The standard InChI is InChI=1S/C17H19NO/c1-13(10-15-6-8-18-9-7-15)11-16-4-5-17(19-3)14(2)12-16/h4-10,12H,11H2,1-3H3/b13-10+. The second-order valence-corrected chi connectivity index (χ2v) is 4.75. The number of aromatic nitrogens is 1. The number of hydrogen-bond donors (Lipinski definition) is 0. The third-order valence-electron chi connectivity index (χ3n) is 3.06. The van der Waals surface area contributed by atoms with Gasteiger partial charge in [0.25, 0.3) is 0 Å². The first-order valence-electron chi connectivity index (χ1n) is 6.40. The molecule has 2 nitrogen and oxygen atoms in total. The van der Waals surface area contributed by atoms with E-state index in [-0.39, 0.29) is 0 Å². The molecule has 98 valence electrons. The SMILES string of the molecule is COc1ccc(C/C(C)=C/c2ccncc2)cc1C. The van der Waals surface area contributed by atoms with Crippen molar-refractivity contribution in [3.05, 3.63) is 65.0 Å². The molecule has 0 saturated heterocycles. The number of nitrogens with zero attached hydrogens (tertiary/aromatic N) is 1. The average molecular weight is 253 g/mol. The molecule has 1 aromatic carbocycles. The number of methoxy groups -OCH3 is 1. The van der Waals surface area contributed by atoms with E-state index in [1.807, 2.05) is 30.6 Å². The van der Waals surface area contributed by atoms with Gasteiger partial charge in [-0.1, -0.05) is 23.8 Å². The lowest BCUT2D eigenvalue weighted by atomic mass is 10.0. The molecule has 0 aliphatic heterocycles. The Hall–Kier alpha value is -2.09. The summed E-state index contributed by atoms with van der Waals surface area (Å²) in [7, 11) is 1.70.